The van der Waals surface area contributed by atoms with Crippen LogP contribution >= 0.6 is 10.7 Å². The third kappa shape index (κ3) is 3.35. The summed E-state index contributed by atoms with van der Waals surface area (Å²) >= 11 is 0. The van der Waals surface area contributed by atoms with E-state index in [1.807, 2.05) is 0 Å². The van der Waals surface area contributed by atoms with Gasteiger partial charge in [0.2, 0.25) is 9.05 Å². The fraction of sp³-hybridized carbons (Fsp3) is 0.333. The molecule has 0 atom stereocenters. The molecule has 0 heterocycles. The van der Waals surface area contributed by atoms with Crippen LogP contribution < -0.4 is 4.74 Å². The Hall–Kier alpha value is -0.810. The molecule has 6 heteroatoms. The van der Waals surface area contributed by atoms with Gasteiger partial charge in [0.05, 0.1) is 12.9 Å². The summed E-state index contributed by atoms with van der Waals surface area (Å²) < 4.78 is 39.7. The number of hydrogen-bond donors (Lipinski definition) is 0. The molecule has 0 bridgehead atoms. The van der Waals surface area contributed by atoms with Gasteiger partial charge in [-0.15, -0.1) is 0 Å². The van der Waals surface area contributed by atoms with Gasteiger partial charge in [-0.05, 0) is 30.2 Å². The second-order valence-corrected chi connectivity index (χ2v) is 5.87. The fourth-order valence-electron chi connectivity index (χ4n) is 1.19. The van der Waals surface area contributed by atoms with E-state index in [1.165, 1.54) is 13.2 Å². The number of aryl methyl sites for hydroxylation is 1. The molecular formula is C9H10ClFO3S. The summed E-state index contributed by atoms with van der Waals surface area (Å²) in [6, 6.07) is 2.56. The number of ether oxygens (including phenoxy) is 1. The average molecular weight is 253 g/mol. The highest BCUT2D eigenvalue weighted by Crippen LogP contribution is 2.23. The lowest BCUT2D eigenvalue weighted by atomic mass is 10.1. The summed E-state index contributed by atoms with van der Waals surface area (Å²) in [5.74, 6) is -0.900. The van der Waals surface area contributed by atoms with Gasteiger partial charge in [-0.1, -0.05) is 0 Å². The molecule has 0 unspecified atom stereocenters. The van der Waals surface area contributed by atoms with Crippen LogP contribution in [0.5, 0.6) is 5.75 Å². The number of methoxy groups -OCH3 is 1. The molecule has 0 amide bonds. The predicted octanol–water partition coefficient (Wildman–Crippen LogP) is 2.21. The van der Waals surface area contributed by atoms with E-state index in [4.69, 9.17) is 15.4 Å². The largest absolute Gasteiger partial charge is 0.494 e. The van der Waals surface area contributed by atoms with Gasteiger partial charge in [-0.3, -0.25) is 0 Å². The molecular weight excluding hydrogens is 243 g/mol. The maximum atomic E-state index is 13.2. The lowest BCUT2D eigenvalue weighted by molar-refractivity contribution is 0.386. The van der Waals surface area contributed by atoms with Crippen molar-refractivity contribution in [3.8, 4) is 5.75 Å². The normalized spacial score (nSPS) is 11.5. The first-order valence-corrected chi connectivity index (χ1v) is 6.56. The first-order valence-electron chi connectivity index (χ1n) is 4.09. The SMILES string of the molecule is COc1cc(C)c(CS(=O)(=O)Cl)cc1F. The third-order valence-electron chi connectivity index (χ3n) is 1.94. The minimum absolute atomic E-state index is 0.0863. The molecule has 0 saturated carbocycles. The van der Waals surface area contributed by atoms with Crippen molar-refractivity contribution in [3.05, 3.63) is 29.1 Å². The Morgan fingerprint density at radius 1 is 1.47 bits per heavy atom. The molecule has 1 rings (SSSR count). The van der Waals surface area contributed by atoms with E-state index < -0.39 is 14.9 Å². The lowest BCUT2D eigenvalue weighted by Crippen LogP contribution is -2.00. The van der Waals surface area contributed by atoms with E-state index in [9.17, 15) is 12.8 Å². The minimum atomic E-state index is -3.67. The highest BCUT2D eigenvalue weighted by Gasteiger charge is 2.13. The summed E-state index contributed by atoms with van der Waals surface area (Å²) in [7, 11) is 2.76. The van der Waals surface area contributed by atoms with Crippen LogP contribution in [0.2, 0.25) is 0 Å². The van der Waals surface area contributed by atoms with E-state index in [0.717, 1.165) is 6.07 Å². The van der Waals surface area contributed by atoms with Crippen molar-refractivity contribution in [2.24, 2.45) is 0 Å². The van der Waals surface area contributed by atoms with E-state index in [2.05, 4.69) is 0 Å². The standard InChI is InChI=1S/C9H10ClFO3S/c1-6-3-9(14-2)8(11)4-7(6)5-15(10,12)13/h3-4H,5H2,1-2H3. The van der Waals surface area contributed by atoms with Gasteiger partial charge in [-0.2, -0.15) is 0 Å². The van der Waals surface area contributed by atoms with E-state index in [0.29, 0.717) is 11.1 Å². The van der Waals surface area contributed by atoms with Crippen molar-refractivity contribution < 1.29 is 17.5 Å². The number of halogens is 2. The maximum absolute atomic E-state index is 13.2. The maximum Gasteiger partial charge on any atom is 0.236 e. The van der Waals surface area contributed by atoms with Crippen molar-refractivity contribution in [1.29, 1.82) is 0 Å². The van der Waals surface area contributed by atoms with Gasteiger partial charge in [0.15, 0.2) is 11.6 Å². The van der Waals surface area contributed by atoms with Gasteiger partial charge in [-0.25, -0.2) is 12.8 Å². The van der Waals surface area contributed by atoms with Crippen LogP contribution in [-0.2, 0) is 14.8 Å². The zero-order valence-corrected chi connectivity index (χ0v) is 9.82. The zero-order chi connectivity index (χ0) is 11.6. The van der Waals surface area contributed by atoms with Crippen molar-refractivity contribution in [2.75, 3.05) is 7.11 Å². The molecule has 1 aromatic carbocycles. The summed E-state index contributed by atoms with van der Waals surface area (Å²) in [5, 5.41) is 0. The van der Waals surface area contributed by atoms with Crippen molar-refractivity contribution >= 4 is 19.7 Å². The topological polar surface area (TPSA) is 43.4 Å². The Kier molecular flexibility index (Phi) is 3.57. The molecule has 0 spiro atoms. The number of rotatable bonds is 3. The molecule has 0 aliphatic rings. The quantitative estimate of drug-likeness (QED) is 0.775. The highest BCUT2D eigenvalue weighted by molar-refractivity contribution is 8.13. The zero-order valence-electron chi connectivity index (χ0n) is 8.25. The first-order chi connectivity index (χ1) is 6.83. The Balaban J connectivity index is 3.17. The Morgan fingerprint density at radius 2 is 2.07 bits per heavy atom. The Bertz CT molecular complexity index is 470. The first kappa shape index (κ1) is 12.3. The monoisotopic (exact) mass is 252 g/mol. The van der Waals surface area contributed by atoms with Crippen molar-refractivity contribution in [1.82, 2.24) is 0 Å². The molecule has 0 saturated heterocycles. The molecule has 15 heavy (non-hydrogen) atoms. The lowest BCUT2D eigenvalue weighted by Gasteiger charge is -2.07. The summed E-state index contributed by atoms with van der Waals surface area (Å²) in [6.07, 6.45) is 0. The second kappa shape index (κ2) is 4.37. The van der Waals surface area contributed by atoms with Crippen LogP contribution in [-0.4, -0.2) is 15.5 Å². The van der Waals surface area contributed by atoms with Crippen LogP contribution in [0.3, 0.4) is 0 Å². The minimum Gasteiger partial charge on any atom is -0.494 e. The van der Waals surface area contributed by atoms with Crippen LogP contribution in [0.4, 0.5) is 4.39 Å². The molecule has 0 aliphatic heterocycles. The van der Waals surface area contributed by atoms with Crippen LogP contribution in [0.15, 0.2) is 12.1 Å². The van der Waals surface area contributed by atoms with Crippen LogP contribution in [0.25, 0.3) is 0 Å². The van der Waals surface area contributed by atoms with Crippen molar-refractivity contribution in [3.63, 3.8) is 0 Å². The molecule has 0 N–H and O–H groups in total. The smallest absolute Gasteiger partial charge is 0.236 e. The molecule has 3 nitrogen and oxygen atoms in total. The Morgan fingerprint density at radius 3 is 2.53 bits per heavy atom. The Labute approximate surface area is 92.2 Å². The van der Waals surface area contributed by atoms with Gasteiger partial charge in [0, 0.05) is 10.7 Å². The molecule has 0 aliphatic carbocycles. The fourth-order valence-corrected chi connectivity index (χ4v) is 2.23. The van der Waals surface area contributed by atoms with E-state index in [-0.39, 0.29) is 11.5 Å². The number of benzene rings is 1. The van der Waals surface area contributed by atoms with Crippen LogP contribution in [0, 0.1) is 12.7 Å². The number of hydrogen-bond acceptors (Lipinski definition) is 3. The summed E-state index contributed by atoms with van der Waals surface area (Å²) in [5.41, 5.74) is 0.959. The molecule has 0 radical (unpaired) electrons. The molecule has 0 aromatic heterocycles. The van der Waals surface area contributed by atoms with Gasteiger partial charge < -0.3 is 4.74 Å². The molecule has 0 fully saturated rings. The van der Waals surface area contributed by atoms with E-state index in [1.54, 1.807) is 6.92 Å². The van der Waals surface area contributed by atoms with Gasteiger partial charge in [0.25, 0.3) is 0 Å². The third-order valence-corrected chi connectivity index (χ3v) is 2.92. The summed E-state index contributed by atoms with van der Waals surface area (Å²) in [4.78, 5) is 0. The highest BCUT2D eigenvalue weighted by atomic mass is 35.7. The summed E-state index contributed by atoms with van der Waals surface area (Å²) in [6.45, 7) is 1.67. The second-order valence-electron chi connectivity index (χ2n) is 3.10. The molecule has 1 aromatic rings. The van der Waals surface area contributed by atoms with Gasteiger partial charge >= 0.3 is 0 Å². The van der Waals surface area contributed by atoms with Crippen molar-refractivity contribution in [2.45, 2.75) is 12.7 Å². The van der Waals surface area contributed by atoms with Crippen LogP contribution in [0.1, 0.15) is 11.1 Å². The van der Waals surface area contributed by atoms with E-state index >= 15 is 0 Å². The predicted molar refractivity (Wildman–Crippen MR) is 56.2 cm³/mol. The van der Waals surface area contributed by atoms with Gasteiger partial charge in [0.1, 0.15) is 0 Å². The molecule has 84 valence electrons. The average Bonchev–Trinajstić information content (AvgIpc) is 2.08.